The van der Waals surface area contributed by atoms with Crippen LogP contribution in [0.1, 0.15) is 5.56 Å². The molecule has 2 heteroatoms. The van der Waals surface area contributed by atoms with Gasteiger partial charge in [-0.2, -0.15) is 0 Å². The molecule has 26 heavy (non-hydrogen) atoms. The number of ether oxygens (including phenoxy) is 1. The molecule has 0 N–H and O–H groups in total. The van der Waals surface area contributed by atoms with Gasteiger partial charge in [-0.15, -0.1) is 0 Å². The zero-order valence-electron chi connectivity index (χ0n) is 14.4. The molecular weight excluding hydrogens is 318 g/mol. The van der Waals surface area contributed by atoms with Gasteiger partial charge in [0.15, 0.2) is 0 Å². The molecule has 4 aromatic rings. The van der Waals surface area contributed by atoms with Gasteiger partial charge in [-0.1, -0.05) is 60.2 Å². The van der Waals surface area contributed by atoms with Crippen LogP contribution in [-0.2, 0) is 0 Å². The molecule has 3 aromatic carbocycles. The van der Waals surface area contributed by atoms with Crippen LogP contribution in [0.2, 0.25) is 0 Å². The van der Waals surface area contributed by atoms with Gasteiger partial charge >= 0.3 is 0 Å². The highest BCUT2D eigenvalue weighted by Gasteiger charge is 2.21. The van der Waals surface area contributed by atoms with Crippen LogP contribution >= 0.6 is 0 Å². The molecule has 0 atom stereocenters. The van der Waals surface area contributed by atoms with Gasteiger partial charge in [0.1, 0.15) is 11.5 Å². The number of hydrogen-bond acceptors (Lipinski definition) is 2. The monoisotopic (exact) mass is 335 g/mol. The first-order chi connectivity index (χ1) is 12.8. The maximum atomic E-state index is 6.21. The van der Waals surface area contributed by atoms with E-state index in [4.69, 9.17) is 9.72 Å². The van der Waals surface area contributed by atoms with E-state index in [0.717, 1.165) is 39.4 Å². The molecule has 0 aliphatic carbocycles. The first-order valence-corrected chi connectivity index (χ1v) is 8.73. The molecule has 0 fully saturated rings. The summed E-state index contributed by atoms with van der Waals surface area (Å²) in [4.78, 5) is 4.85. The lowest BCUT2D eigenvalue weighted by Gasteiger charge is -2.11. The van der Waals surface area contributed by atoms with Crippen molar-refractivity contribution in [2.24, 2.45) is 0 Å². The van der Waals surface area contributed by atoms with Crippen molar-refractivity contribution in [3.05, 3.63) is 90.6 Å². The first-order valence-electron chi connectivity index (χ1n) is 8.73. The number of aromatic nitrogens is 1. The maximum absolute atomic E-state index is 6.21. The summed E-state index contributed by atoms with van der Waals surface area (Å²) in [5, 5.41) is 0. The van der Waals surface area contributed by atoms with Gasteiger partial charge in [0.05, 0.1) is 5.69 Å². The molecule has 0 spiro atoms. The molecule has 0 radical (unpaired) electrons. The topological polar surface area (TPSA) is 22.1 Å². The Balaban J connectivity index is 1.80. The predicted octanol–water partition coefficient (Wildman–Crippen LogP) is 6.50. The lowest BCUT2D eigenvalue weighted by Crippen LogP contribution is -1.90. The molecule has 0 saturated carbocycles. The minimum Gasteiger partial charge on any atom is -0.456 e. The van der Waals surface area contributed by atoms with Gasteiger partial charge in [-0.3, -0.25) is 4.98 Å². The smallest absolute Gasteiger partial charge is 0.136 e. The summed E-state index contributed by atoms with van der Waals surface area (Å²) >= 11 is 0. The van der Waals surface area contributed by atoms with Crippen molar-refractivity contribution in [1.29, 1.82) is 0 Å². The second kappa shape index (κ2) is 5.85. The molecule has 0 saturated heterocycles. The Hall–Kier alpha value is -3.39. The van der Waals surface area contributed by atoms with E-state index < -0.39 is 0 Å². The normalized spacial score (nSPS) is 11.6. The molecule has 1 aromatic heterocycles. The average molecular weight is 335 g/mol. The van der Waals surface area contributed by atoms with E-state index in [1.165, 1.54) is 11.1 Å². The van der Waals surface area contributed by atoms with E-state index in [1.54, 1.807) is 0 Å². The Labute approximate surface area is 152 Å². The summed E-state index contributed by atoms with van der Waals surface area (Å²) in [6.07, 6.45) is 1.96. The van der Waals surface area contributed by atoms with Crippen molar-refractivity contribution in [3.63, 3.8) is 0 Å². The van der Waals surface area contributed by atoms with Crippen LogP contribution in [-0.4, -0.2) is 4.98 Å². The molecule has 1 aliphatic rings. The van der Waals surface area contributed by atoms with Crippen molar-refractivity contribution in [1.82, 2.24) is 4.98 Å². The number of aryl methyl sites for hydroxylation is 1. The predicted molar refractivity (Wildman–Crippen MR) is 105 cm³/mol. The van der Waals surface area contributed by atoms with E-state index in [9.17, 15) is 0 Å². The van der Waals surface area contributed by atoms with Crippen molar-refractivity contribution >= 4 is 0 Å². The maximum Gasteiger partial charge on any atom is 0.136 e. The highest BCUT2D eigenvalue weighted by Crippen LogP contribution is 2.46. The molecule has 0 unspecified atom stereocenters. The van der Waals surface area contributed by atoms with E-state index in [0.29, 0.717) is 0 Å². The molecule has 0 bridgehead atoms. The summed E-state index contributed by atoms with van der Waals surface area (Å²) in [6.45, 7) is 2.11. The van der Waals surface area contributed by atoms with Crippen molar-refractivity contribution in [3.8, 4) is 45.0 Å². The fourth-order valence-electron chi connectivity index (χ4n) is 3.52. The summed E-state index contributed by atoms with van der Waals surface area (Å²) in [7, 11) is 0. The van der Waals surface area contributed by atoms with Crippen molar-refractivity contribution in [2.75, 3.05) is 0 Å². The van der Waals surface area contributed by atoms with Gasteiger partial charge in [0.25, 0.3) is 0 Å². The summed E-state index contributed by atoms with van der Waals surface area (Å²) in [6, 6.07) is 27.0. The molecule has 0 amide bonds. The number of pyridine rings is 1. The number of nitrogens with zero attached hydrogens (tertiary/aromatic N) is 1. The highest BCUT2D eigenvalue weighted by molar-refractivity contribution is 5.90. The van der Waals surface area contributed by atoms with Gasteiger partial charge < -0.3 is 4.74 Å². The van der Waals surface area contributed by atoms with Crippen LogP contribution < -0.4 is 4.74 Å². The SMILES string of the molecule is Cc1cccc(-c2cnc3c(c2)-c2ccccc2Oc2ccccc2-3)c1. The third-order valence-corrected chi connectivity index (χ3v) is 4.78. The lowest BCUT2D eigenvalue weighted by molar-refractivity contribution is 0.487. The van der Waals surface area contributed by atoms with Crippen LogP contribution in [0.3, 0.4) is 0 Å². The molecular formula is C24H17NO. The Morgan fingerprint density at radius 1 is 0.654 bits per heavy atom. The summed E-state index contributed by atoms with van der Waals surface area (Å²) < 4.78 is 6.21. The van der Waals surface area contributed by atoms with E-state index >= 15 is 0 Å². The van der Waals surface area contributed by atoms with E-state index in [-0.39, 0.29) is 0 Å². The summed E-state index contributed by atoms with van der Waals surface area (Å²) in [5.74, 6) is 1.70. The van der Waals surface area contributed by atoms with Crippen molar-refractivity contribution in [2.45, 2.75) is 6.92 Å². The van der Waals surface area contributed by atoms with Crippen molar-refractivity contribution < 1.29 is 4.74 Å². The van der Waals surface area contributed by atoms with Crippen LogP contribution in [0.15, 0.2) is 85.1 Å². The first kappa shape index (κ1) is 14.9. The Morgan fingerprint density at radius 3 is 2.19 bits per heavy atom. The van der Waals surface area contributed by atoms with Gasteiger partial charge in [-0.05, 0) is 36.8 Å². The zero-order valence-corrected chi connectivity index (χ0v) is 14.4. The third-order valence-electron chi connectivity index (χ3n) is 4.78. The van der Waals surface area contributed by atoms with Crippen LogP contribution in [0.25, 0.3) is 33.5 Å². The fraction of sp³-hybridized carbons (Fsp3) is 0.0417. The second-order valence-corrected chi connectivity index (χ2v) is 6.58. The van der Waals surface area contributed by atoms with E-state index in [2.05, 4.69) is 49.4 Å². The van der Waals surface area contributed by atoms with E-state index in [1.807, 2.05) is 42.6 Å². The Morgan fingerprint density at radius 2 is 1.38 bits per heavy atom. The third kappa shape index (κ3) is 2.39. The number of hydrogen-bond donors (Lipinski definition) is 0. The quantitative estimate of drug-likeness (QED) is 0.349. The Kier molecular flexibility index (Phi) is 3.36. The van der Waals surface area contributed by atoms with Crippen LogP contribution in [0, 0.1) is 6.92 Å². The van der Waals surface area contributed by atoms with Crippen LogP contribution in [0.5, 0.6) is 11.5 Å². The average Bonchev–Trinajstić information content (AvgIpc) is 2.82. The molecule has 124 valence electrons. The number of benzene rings is 3. The number of rotatable bonds is 1. The van der Waals surface area contributed by atoms with Gasteiger partial charge in [0.2, 0.25) is 0 Å². The standard InChI is InChI=1S/C24H17NO/c1-16-7-6-8-17(13-16)18-14-21-19-9-2-4-11-22(19)26-23-12-5-3-10-20(23)24(21)25-15-18/h2-15H,1H3. The lowest BCUT2D eigenvalue weighted by atomic mass is 9.95. The van der Waals surface area contributed by atoms with Crippen LogP contribution in [0.4, 0.5) is 0 Å². The fourth-order valence-corrected chi connectivity index (χ4v) is 3.52. The number of fused-ring (bicyclic) bond motifs is 5. The molecule has 1 aliphatic heterocycles. The number of para-hydroxylation sites is 2. The van der Waals surface area contributed by atoms with Gasteiger partial charge in [-0.25, -0.2) is 0 Å². The Bertz CT molecular complexity index is 1130. The minimum atomic E-state index is 0.842. The molecule has 2 nitrogen and oxygen atoms in total. The minimum absolute atomic E-state index is 0.842. The zero-order chi connectivity index (χ0) is 17.5. The highest BCUT2D eigenvalue weighted by atomic mass is 16.5. The molecule has 2 heterocycles. The summed E-state index contributed by atoms with van der Waals surface area (Å²) in [5.41, 5.74) is 7.69. The van der Waals surface area contributed by atoms with Gasteiger partial charge in [0, 0.05) is 28.5 Å². The second-order valence-electron chi connectivity index (χ2n) is 6.58. The largest absolute Gasteiger partial charge is 0.456 e. The molecule has 5 rings (SSSR count).